The van der Waals surface area contributed by atoms with Crippen LogP contribution in [0.2, 0.25) is 0 Å². The van der Waals surface area contributed by atoms with Gasteiger partial charge >= 0.3 is 6.03 Å². The van der Waals surface area contributed by atoms with Gasteiger partial charge in [-0.15, -0.1) is 0 Å². The molecule has 7 heteroatoms. The van der Waals surface area contributed by atoms with Crippen LogP contribution in [0.4, 0.5) is 4.79 Å². The van der Waals surface area contributed by atoms with Crippen molar-refractivity contribution in [3.8, 4) is 0 Å². The molecule has 0 aromatic carbocycles. The molecule has 2 amide bonds. The van der Waals surface area contributed by atoms with Gasteiger partial charge in [-0.3, -0.25) is 4.68 Å². The third-order valence-electron chi connectivity index (χ3n) is 4.23. The Morgan fingerprint density at radius 2 is 1.91 bits per heavy atom. The number of amides is 2. The smallest absolute Gasteiger partial charge is 0.317 e. The molecule has 1 N–H and O–H groups in total. The maximum atomic E-state index is 12.2. The number of aryl methyl sites for hydroxylation is 4. The summed E-state index contributed by atoms with van der Waals surface area (Å²) in [4.78, 5) is 13.8. The molecule has 0 aliphatic rings. The van der Waals surface area contributed by atoms with Gasteiger partial charge in [0.2, 0.25) is 0 Å². The van der Waals surface area contributed by atoms with Gasteiger partial charge in [0.05, 0.1) is 17.9 Å². The first-order valence-corrected chi connectivity index (χ1v) is 7.71. The number of nitrogens with zero attached hydrogens (tertiary/aromatic N) is 4. The van der Waals surface area contributed by atoms with Crippen molar-refractivity contribution in [3.63, 3.8) is 0 Å². The third kappa shape index (κ3) is 3.72. The van der Waals surface area contributed by atoms with E-state index < -0.39 is 0 Å². The third-order valence-corrected chi connectivity index (χ3v) is 4.23. The maximum absolute atomic E-state index is 12.2. The van der Waals surface area contributed by atoms with Gasteiger partial charge in [0.15, 0.2) is 0 Å². The molecule has 2 rings (SSSR count). The first kappa shape index (κ1) is 17.1. The zero-order valence-electron chi connectivity index (χ0n) is 14.7. The second-order valence-corrected chi connectivity index (χ2v) is 5.91. The molecular formula is C16H25N5O2. The number of hydrogen-bond acceptors (Lipinski definition) is 4. The zero-order chi connectivity index (χ0) is 17.1. The molecule has 23 heavy (non-hydrogen) atoms. The van der Waals surface area contributed by atoms with Crippen molar-refractivity contribution < 1.29 is 9.32 Å². The summed E-state index contributed by atoms with van der Waals surface area (Å²) >= 11 is 0. The van der Waals surface area contributed by atoms with Crippen LogP contribution in [0.3, 0.4) is 0 Å². The molecule has 0 saturated heterocycles. The van der Waals surface area contributed by atoms with Crippen molar-refractivity contribution >= 4 is 6.03 Å². The lowest BCUT2D eigenvalue weighted by atomic mass is 10.1. The molecule has 0 unspecified atom stereocenters. The van der Waals surface area contributed by atoms with Crippen LogP contribution in [0.1, 0.15) is 34.0 Å². The van der Waals surface area contributed by atoms with Crippen molar-refractivity contribution in [2.75, 3.05) is 13.6 Å². The molecule has 0 aliphatic carbocycles. The minimum absolute atomic E-state index is 0.107. The number of aromatic nitrogens is 3. The fraction of sp³-hybridized carbons (Fsp3) is 0.562. The van der Waals surface area contributed by atoms with E-state index >= 15 is 0 Å². The lowest BCUT2D eigenvalue weighted by Crippen LogP contribution is -2.38. The standard InChI is InChI=1S/C16H25N5O2/c1-10-14(12(3)21(6)18-10)7-8-17-16(22)20(5)9-15-11(2)19-23-13(15)4/h7-9H2,1-6H3,(H,17,22). The number of nitrogens with one attached hydrogen (secondary N) is 1. The minimum Gasteiger partial charge on any atom is -0.361 e. The first-order chi connectivity index (χ1) is 10.8. The van der Waals surface area contributed by atoms with Gasteiger partial charge in [-0.1, -0.05) is 5.16 Å². The van der Waals surface area contributed by atoms with Crippen molar-refractivity contribution in [1.29, 1.82) is 0 Å². The Balaban J connectivity index is 1.87. The number of rotatable bonds is 5. The summed E-state index contributed by atoms with van der Waals surface area (Å²) in [5.74, 6) is 0.753. The Morgan fingerprint density at radius 3 is 2.43 bits per heavy atom. The summed E-state index contributed by atoms with van der Waals surface area (Å²) in [5, 5.41) is 11.2. The molecule has 0 saturated carbocycles. The van der Waals surface area contributed by atoms with Crippen molar-refractivity contribution in [2.45, 2.75) is 40.7 Å². The highest BCUT2D eigenvalue weighted by molar-refractivity contribution is 5.73. The maximum Gasteiger partial charge on any atom is 0.317 e. The predicted molar refractivity (Wildman–Crippen MR) is 87.2 cm³/mol. The molecule has 2 aromatic rings. The van der Waals surface area contributed by atoms with E-state index in [1.165, 1.54) is 5.56 Å². The molecule has 0 bridgehead atoms. The first-order valence-electron chi connectivity index (χ1n) is 7.71. The number of urea groups is 1. The van der Waals surface area contributed by atoms with Gasteiger partial charge < -0.3 is 14.7 Å². The van der Waals surface area contributed by atoms with Crippen LogP contribution >= 0.6 is 0 Å². The van der Waals surface area contributed by atoms with Crippen LogP contribution < -0.4 is 5.32 Å². The van der Waals surface area contributed by atoms with E-state index in [-0.39, 0.29) is 6.03 Å². The summed E-state index contributed by atoms with van der Waals surface area (Å²) in [6.45, 7) is 8.84. The molecule has 0 spiro atoms. The highest BCUT2D eigenvalue weighted by atomic mass is 16.5. The summed E-state index contributed by atoms with van der Waals surface area (Å²) in [5.41, 5.74) is 5.13. The molecule has 2 aromatic heterocycles. The average molecular weight is 319 g/mol. The Morgan fingerprint density at radius 1 is 1.22 bits per heavy atom. The summed E-state index contributed by atoms with van der Waals surface area (Å²) in [6.07, 6.45) is 0.774. The van der Waals surface area contributed by atoms with E-state index in [0.29, 0.717) is 13.1 Å². The van der Waals surface area contributed by atoms with Crippen LogP contribution in [0.25, 0.3) is 0 Å². The van der Waals surface area contributed by atoms with Crippen molar-refractivity contribution in [1.82, 2.24) is 25.2 Å². The number of carbonyl (C=O) groups is 1. The highest BCUT2D eigenvalue weighted by Gasteiger charge is 2.15. The van der Waals surface area contributed by atoms with Gasteiger partial charge in [-0.05, 0) is 39.7 Å². The monoisotopic (exact) mass is 319 g/mol. The van der Waals surface area contributed by atoms with Crippen LogP contribution in [-0.2, 0) is 20.0 Å². The second-order valence-electron chi connectivity index (χ2n) is 5.91. The van der Waals surface area contributed by atoms with Crippen LogP contribution in [0.15, 0.2) is 4.52 Å². The summed E-state index contributed by atoms with van der Waals surface area (Å²) < 4.78 is 7.00. The Labute approximate surface area is 136 Å². The number of hydrogen-bond donors (Lipinski definition) is 1. The minimum atomic E-state index is -0.107. The van der Waals surface area contributed by atoms with Crippen LogP contribution in [0.5, 0.6) is 0 Å². The molecule has 0 aliphatic heterocycles. The predicted octanol–water partition coefficient (Wildman–Crippen LogP) is 2.03. The van der Waals surface area contributed by atoms with Crippen LogP contribution in [-0.4, -0.2) is 39.5 Å². The summed E-state index contributed by atoms with van der Waals surface area (Å²) in [7, 11) is 3.70. The van der Waals surface area contributed by atoms with E-state index in [2.05, 4.69) is 15.6 Å². The Hall–Kier alpha value is -2.31. The van der Waals surface area contributed by atoms with Gasteiger partial charge in [0.25, 0.3) is 0 Å². The fourth-order valence-electron chi connectivity index (χ4n) is 2.65. The Kier molecular flexibility index (Phi) is 5.08. The zero-order valence-corrected chi connectivity index (χ0v) is 14.7. The topological polar surface area (TPSA) is 76.2 Å². The molecule has 7 nitrogen and oxygen atoms in total. The average Bonchev–Trinajstić information content (AvgIpc) is 2.93. The molecule has 0 atom stereocenters. The molecule has 2 heterocycles. The molecule has 126 valence electrons. The normalized spacial score (nSPS) is 10.9. The van der Waals surface area contributed by atoms with Gasteiger partial charge in [-0.25, -0.2) is 4.79 Å². The SMILES string of the molecule is Cc1noc(C)c1CN(C)C(=O)NCCc1c(C)nn(C)c1C. The van der Waals surface area contributed by atoms with Crippen LogP contribution in [0, 0.1) is 27.7 Å². The van der Waals surface area contributed by atoms with Crippen molar-refractivity contribution in [3.05, 3.63) is 34.0 Å². The highest BCUT2D eigenvalue weighted by Crippen LogP contribution is 2.14. The van der Waals surface area contributed by atoms with E-state index in [1.807, 2.05) is 39.4 Å². The lowest BCUT2D eigenvalue weighted by molar-refractivity contribution is 0.207. The van der Waals surface area contributed by atoms with Gasteiger partial charge in [-0.2, -0.15) is 5.10 Å². The van der Waals surface area contributed by atoms with Gasteiger partial charge in [0.1, 0.15) is 5.76 Å². The quantitative estimate of drug-likeness (QED) is 0.915. The van der Waals surface area contributed by atoms with Gasteiger partial charge in [0, 0.05) is 31.9 Å². The molecule has 0 radical (unpaired) electrons. The Bertz CT molecular complexity index is 682. The van der Waals surface area contributed by atoms with Crippen molar-refractivity contribution in [2.24, 2.45) is 7.05 Å². The largest absolute Gasteiger partial charge is 0.361 e. The van der Waals surface area contributed by atoms with E-state index in [9.17, 15) is 4.79 Å². The molecular weight excluding hydrogens is 294 g/mol. The number of carbonyl (C=O) groups excluding carboxylic acids is 1. The van der Waals surface area contributed by atoms with E-state index in [1.54, 1.807) is 11.9 Å². The van der Waals surface area contributed by atoms with E-state index in [0.717, 1.165) is 34.8 Å². The summed E-state index contributed by atoms with van der Waals surface area (Å²) in [6, 6.07) is -0.107. The fourth-order valence-corrected chi connectivity index (χ4v) is 2.65. The second kappa shape index (κ2) is 6.85. The molecule has 0 fully saturated rings. The van der Waals surface area contributed by atoms with E-state index in [4.69, 9.17) is 4.52 Å². The lowest BCUT2D eigenvalue weighted by Gasteiger charge is -2.17.